The number of hydrogen-bond acceptors (Lipinski definition) is 3. The van der Waals surface area contributed by atoms with Crippen LogP contribution in [0.2, 0.25) is 0 Å². The van der Waals surface area contributed by atoms with Crippen molar-refractivity contribution in [2.45, 2.75) is 39.0 Å². The van der Waals surface area contributed by atoms with Crippen LogP contribution in [0.3, 0.4) is 0 Å². The van der Waals surface area contributed by atoms with Crippen molar-refractivity contribution < 1.29 is 13.2 Å². The second-order valence-electron chi connectivity index (χ2n) is 7.56. The van der Waals surface area contributed by atoms with E-state index in [4.69, 9.17) is 0 Å². The van der Waals surface area contributed by atoms with Crippen molar-refractivity contribution in [1.82, 2.24) is 9.21 Å². The van der Waals surface area contributed by atoms with Gasteiger partial charge < -0.3 is 4.90 Å². The number of carbonyl (C=O) groups excluding carboxylic acids is 1. The Labute approximate surface area is 157 Å². The monoisotopic (exact) mass is 378 g/mol. The minimum Gasteiger partial charge on any atom is -0.342 e. The molecular weight excluding hydrogens is 348 g/mol. The fourth-order valence-corrected chi connectivity index (χ4v) is 5.32. The molecule has 0 unspecified atom stereocenters. The molecule has 3 rings (SSSR count). The minimum absolute atomic E-state index is 0.110. The number of nitrogens with zero attached hydrogens (tertiary/aromatic N) is 2. The summed E-state index contributed by atoms with van der Waals surface area (Å²) in [6.45, 7) is 4.18. The van der Waals surface area contributed by atoms with Gasteiger partial charge in [-0.2, -0.15) is 0 Å². The highest BCUT2D eigenvalue weighted by Crippen LogP contribution is 2.26. The minimum atomic E-state index is -3.20. The summed E-state index contributed by atoms with van der Waals surface area (Å²) >= 11 is 0. The summed E-state index contributed by atoms with van der Waals surface area (Å²) < 4.78 is 25.7. The molecule has 0 aromatic heterocycles. The number of likely N-dealkylation sites (tertiary alicyclic amines) is 1. The molecule has 2 heterocycles. The number of sulfonamides is 1. The van der Waals surface area contributed by atoms with Gasteiger partial charge >= 0.3 is 0 Å². The first-order valence-electron chi connectivity index (χ1n) is 9.80. The van der Waals surface area contributed by atoms with Crippen LogP contribution in [0.4, 0.5) is 0 Å². The Bertz CT molecular complexity index is 697. The van der Waals surface area contributed by atoms with E-state index < -0.39 is 10.0 Å². The highest BCUT2D eigenvalue weighted by molar-refractivity contribution is 7.89. The van der Waals surface area contributed by atoms with Crippen molar-refractivity contribution in [3.63, 3.8) is 0 Å². The highest BCUT2D eigenvalue weighted by atomic mass is 32.2. The van der Waals surface area contributed by atoms with Crippen molar-refractivity contribution in [2.75, 3.05) is 31.9 Å². The van der Waals surface area contributed by atoms with Crippen LogP contribution in [0.1, 0.15) is 38.2 Å². The lowest BCUT2D eigenvalue weighted by Crippen LogP contribution is -2.48. The van der Waals surface area contributed by atoms with E-state index in [1.54, 1.807) is 6.92 Å². The number of hydrogen-bond donors (Lipinski definition) is 0. The van der Waals surface area contributed by atoms with Crippen molar-refractivity contribution in [1.29, 1.82) is 0 Å². The van der Waals surface area contributed by atoms with E-state index in [0.717, 1.165) is 45.2 Å². The molecular formula is C20H30N2O3S. The summed E-state index contributed by atoms with van der Waals surface area (Å²) in [5.74, 6) is 0.721. The summed E-state index contributed by atoms with van der Waals surface area (Å²) in [7, 11) is -3.20. The Morgan fingerprint density at radius 1 is 1.08 bits per heavy atom. The van der Waals surface area contributed by atoms with Crippen molar-refractivity contribution >= 4 is 15.9 Å². The third kappa shape index (κ3) is 4.65. The summed E-state index contributed by atoms with van der Waals surface area (Å²) in [5, 5.41) is 0. The van der Waals surface area contributed by atoms with E-state index in [1.807, 2.05) is 11.0 Å². The molecule has 26 heavy (non-hydrogen) atoms. The molecule has 1 aromatic rings. The smallest absolute Gasteiger partial charge is 0.227 e. The largest absolute Gasteiger partial charge is 0.342 e. The Hall–Kier alpha value is -1.40. The van der Waals surface area contributed by atoms with Crippen LogP contribution in [0.15, 0.2) is 30.3 Å². The zero-order valence-corrected chi connectivity index (χ0v) is 16.5. The lowest BCUT2D eigenvalue weighted by atomic mass is 9.89. The molecule has 2 fully saturated rings. The first kappa shape index (κ1) is 19.4. The van der Waals surface area contributed by atoms with Crippen molar-refractivity contribution in [2.24, 2.45) is 11.8 Å². The van der Waals surface area contributed by atoms with Crippen LogP contribution in [-0.4, -0.2) is 55.5 Å². The van der Waals surface area contributed by atoms with Gasteiger partial charge in [0, 0.05) is 26.2 Å². The first-order valence-corrected chi connectivity index (χ1v) is 11.4. The van der Waals surface area contributed by atoms with E-state index in [2.05, 4.69) is 24.3 Å². The molecule has 0 spiro atoms. The third-order valence-corrected chi connectivity index (χ3v) is 7.63. The Morgan fingerprint density at radius 2 is 1.77 bits per heavy atom. The van der Waals surface area contributed by atoms with E-state index in [9.17, 15) is 13.2 Å². The molecule has 5 nitrogen and oxygen atoms in total. The van der Waals surface area contributed by atoms with Gasteiger partial charge in [-0.1, -0.05) is 30.3 Å². The SMILES string of the molecule is CCS(=O)(=O)N1CCC[C@H](C(=O)N2CCC(Cc3ccccc3)CC2)C1. The molecule has 2 aliphatic heterocycles. The van der Waals surface area contributed by atoms with Crippen LogP contribution in [0, 0.1) is 11.8 Å². The standard InChI is InChI=1S/C20H30N2O3S/c1-2-26(24,25)22-12-6-9-19(16-22)20(23)21-13-10-18(11-14-21)15-17-7-4-3-5-8-17/h3-5,7-8,18-19H,2,6,9-16H2,1H3/t19-/m0/s1. The highest BCUT2D eigenvalue weighted by Gasteiger charge is 2.34. The van der Waals surface area contributed by atoms with Gasteiger partial charge in [0.1, 0.15) is 0 Å². The van der Waals surface area contributed by atoms with Gasteiger partial charge in [0.05, 0.1) is 11.7 Å². The molecule has 1 atom stereocenters. The van der Waals surface area contributed by atoms with E-state index in [1.165, 1.54) is 9.87 Å². The molecule has 2 aliphatic rings. The Morgan fingerprint density at radius 3 is 2.42 bits per heavy atom. The number of amides is 1. The predicted octanol–water partition coefficient (Wildman–Crippen LogP) is 2.53. The first-order chi connectivity index (χ1) is 12.5. The second kappa shape index (κ2) is 8.53. The topological polar surface area (TPSA) is 57.7 Å². The van der Waals surface area contributed by atoms with Gasteiger partial charge in [-0.3, -0.25) is 4.79 Å². The lowest BCUT2D eigenvalue weighted by Gasteiger charge is -2.37. The maximum Gasteiger partial charge on any atom is 0.227 e. The second-order valence-corrected chi connectivity index (χ2v) is 9.81. The van der Waals surface area contributed by atoms with E-state index in [-0.39, 0.29) is 17.6 Å². The normalized spacial score (nSPS) is 23.1. The van der Waals surface area contributed by atoms with Crippen LogP contribution >= 0.6 is 0 Å². The zero-order valence-electron chi connectivity index (χ0n) is 15.6. The lowest BCUT2D eigenvalue weighted by molar-refractivity contribution is -0.138. The van der Waals surface area contributed by atoms with Gasteiger partial charge in [0.15, 0.2) is 0 Å². The molecule has 0 N–H and O–H groups in total. The van der Waals surface area contributed by atoms with Crippen molar-refractivity contribution in [3.8, 4) is 0 Å². The molecule has 0 aliphatic carbocycles. The van der Waals surface area contributed by atoms with Crippen LogP contribution in [0.25, 0.3) is 0 Å². The summed E-state index contributed by atoms with van der Waals surface area (Å²) in [4.78, 5) is 14.8. The number of carbonyl (C=O) groups is 1. The maximum absolute atomic E-state index is 12.9. The molecule has 0 radical (unpaired) electrons. The fourth-order valence-electron chi connectivity index (χ4n) is 4.14. The third-order valence-electron chi connectivity index (χ3n) is 5.78. The van der Waals surface area contributed by atoms with Crippen molar-refractivity contribution in [3.05, 3.63) is 35.9 Å². The van der Waals surface area contributed by atoms with Gasteiger partial charge in [-0.15, -0.1) is 0 Å². The number of piperidine rings is 2. The quantitative estimate of drug-likeness (QED) is 0.791. The van der Waals surface area contributed by atoms with Crippen LogP contribution in [-0.2, 0) is 21.2 Å². The van der Waals surface area contributed by atoms with E-state index in [0.29, 0.717) is 19.0 Å². The molecule has 0 bridgehead atoms. The molecule has 0 saturated carbocycles. The van der Waals surface area contributed by atoms with Gasteiger partial charge in [0.25, 0.3) is 0 Å². The summed E-state index contributed by atoms with van der Waals surface area (Å²) in [6, 6.07) is 10.5. The Balaban J connectivity index is 1.52. The maximum atomic E-state index is 12.9. The Kier molecular flexibility index (Phi) is 6.35. The number of rotatable bonds is 5. The molecule has 1 aromatic carbocycles. The zero-order chi connectivity index (χ0) is 18.6. The van der Waals surface area contributed by atoms with Gasteiger partial charge in [-0.05, 0) is 50.5 Å². The predicted molar refractivity (Wildman–Crippen MR) is 103 cm³/mol. The molecule has 6 heteroatoms. The number of benzene rings is 1. The van der Waals surface area contributed by atoms with E-state index >= 15 is 0 Å². The van der Waals surface area contributed by atoms with Gasteiger partial charge in [-0.25, -0.2) is 12.7 Å². The van der Waals surface area contributed by atoms with Crippen LogP contribution < -0.4 is 0 Å². The average Bonchev–Trinajstić information content (AvgIpc) is 2.69. The van der Waals surface area contributed by atoms with Gasteiger partial charge in [0.2, 0.25) is 15.9 Å². The molecule has 144 valence electrons. The van der Waals surface area contributed by atoms with Crippen LogP contribution in [0.5, 0.6) is 0 Å². The summed E-state index contributed by atoms with van der Waals surface area (Å²) in [6.07, 6.45) is 4.72. The molecule has 1 amide bonds. The average molecular weight is 379 g/mol. The fraction of sp³-hybridized carbons (Fsp3) is 0.650. The summed E-state index contributed by atoms with van der Waals surface area (Å²) in [5.41, 5.74) is 1.37. The molecule has 2 saturated heterocycles.